The van der Waals surface area contributed by atoms with Gasteiger partial charge in [0.15, 0.2) is 0 Å². The van der Waals surface area contributed by atoms with E-state index in [2.05, 4.69) is 0 Å². The molecular weight excluding hydrogens is 480 g/mol. The van der Waals surface area contributed by atoms with Crippen LogP contribution in [-0.2, 0) is 4.74 Å². The number of rotatable bonds is 4. The summed E-state index contributed by atoms with van der Waals surface area (Å²) in [5, 5.41) is 3.54. The van der Waals surface area contributed by atoms with Crippen molar-refractivity contribution < 1.29 is 23.9 Å². The van der Waals surface area contributed by atoms with Gasteiger partial charge < -0.3 is 4.74 Å². The smallest absolute Gasteiger partial charge is 0.261 e. The predicted octanol–water partition coefficient (Wildman–Crippen LogP) is 5.15. The highest BCUT2D eigenvalue weighted by Crippen LogP contribution is 2.32. The first-order valence-corrected chi connectivity index (χ1v) is 12.5. The van der Waals surface area contributed by atoms with E-state index in [1.807, 2.05) is 56.3 Å². The predicted molar refractivity (Wildman–Crippen MR) is 146 cm³/mol. The summed E-state index contributed by atoms with van der Waals surface area (Å²) in [6.45, 7) is 4.89. The molecule has 192 valence electrons. The zero-order valence-electron chi connectivity index (χ0n) is 21.8. The number of methoxy groups -OCH3 is 1. The SMILES string of the molecule is COCCCN1C(=O)c2cccc3c(C)ccc(c23)C1=O.Cc1ccc2c3c(cccc13)C(=O)N(C)C2=O. The molecule has 0 N–H and O–H groups in total. The molecule has 0 aromatic heterocycles. The van der Waals surface area contributed by atoms with E-state index < -0.39 is 0 Å². The van der Waals surface area contributed by atoms with Crippen molar-refractivity contribution in [3.05, 3.63) is 94.0 Å². The molecule has 4 amide bonds. The summed E-state index contributed by atoms with van der Waals surface area (Å²) in [6.07, 6.45) is 0.644. The number of hydrogen-bond acceptors (Lipinski definition) is 5. The van der Waals surface area contributed by atoms with Crippen molar-refractivity contribution in [2.75, 3.05) is 27.3 Å². The maximum Gasteiger partial charge on any atom is 0.261 e. The number of aryl methyl sites for hydroxylation is 2. The summed E-state index contributed by atoms with van der Waals surface area (Å²) in [4.78, 5) is 51.7. The van der Waals surface area contributed by atoms with Crippen LogP contribution in [0.5, 0.6) is 0 Å². The Labute approximate surface area is 220 Å². The molecule has 2 aliphatic heterocycles. The maximum atomic E-state index is 12.6. The summed E-state index contributed by atoms with van der Waals surface area (Å²) in [5.41, 5.74) is 4.61. The second kappa shape index (κ2) is 9.84. The van der Waals surface area contributed by atoms with Crippen LogP contribution < -0.4 is 0 Å². The molecule has 6 rings (SSSR count). The Morgan fingerprint density at radius 2 is 1.08 bits per heavy atom. The molecule has 0 radical (unpaired) electrons. The van der Waals surface area contributed by atoms with Crippen LogP contribution in [-0.4, -0.2) is 60.7 Å². The molecule has 0 spiro atoms. The van der Waals surface area contributed by atoms with Gasteiger partial charge in [0.2, 0.25) is 0 Å². The second-order valence-electron chi connectivity index (χ2n) is 9.59. The van der Waals surface area contributed by atoms with Gasteiger partial charge in [-0.1, -0.05) is 36.4 Å². The van der Waals surface area contributed by atoms with E-state index in [4.69, 9.17) is 4.74 Å². The van der Waals surface area contributed by atoms with Gasteiger partial charge in [0.05, 0.1) is 0 Å². The number of hydrogen-bond donors (Lipinski definition) is 0. The Balaban J connectivity index is 0.000000158. The van der Waals surface area contributed by atoms with Gasteiger partial charge in [-0.25, -0.2) is 0 Å². The molecule has 0 saturated heterocycles. The van der Waals surface area contributed by atoms with Crippen molar-refractivity contribution >= 4 is 45.2 Å². The number of benzene rings is 4. The third kappa shape index (κ3) is 3.96. The first kappa shape index (κ1) is 25.3. The van der Waals surface area contributed by atoms with Gasteiger partial charge in [-0.15, -0.1) is 0 Å². The highest BCUT2D eigenvalue weighted by Gasteiger charge is 2.33. The average molecular weight is 509 g/mol. The van der Waals surface area contributed by atoms with E-state index in [-0.39, 0.29) is 23.6 Å². The molecule has 38 heavy (non-hydrogen) atoms. The van der Waals surface area contributed by atoms with Crippen molar-refractivity contribution in [1.82, 2.24) is 9.80 Å². The number of carbonyl (C=O) groups is 4. The van der Waals surface area contributed by atoms with E-state index in [0.717, 1.165) is 32.7 Å². The Bertz CT molecular complexity index is 1610. The molecule has 0 bridgehead atoms. The zero-order chi connectivity index (χ0) is 27.1. The molecule has 0 fully saturated rings. The minimum atomic E-state index is -0.223. The van der Waals surface area contributed by atoms with Gasteiger partial charge in [0.1, 0.15) is 0 Å². The van der Waals surface area contributed by atoms with Crippen LogP contribution in [0, 0.1) is 13.8 Å². The Morgan fingerprint density at radius 1 is 0.632 bits per heavy atom. The van der Waals surface area contributed by atoms with Gasteiger partial charge in [-0.05, 0) is 66.4 Å². The molecule has 0 atom stereocenters. The van der Waals surface area contributed by atoms with Gasteiger partial charge in [-0.3, -0.25) is 29.0 Å². The monoisotopic (exact) mass is 508 g/mol. The molecule has 2 heterocycles. The average Bonchev–Trinajstić information content (AvgIpc) is 2.93. The summed E-state index contributed by atoms with van der Waals surface area (Å²) in [5.74, 6) is -0.864. The fourth-order valence-corrected chi connectivity index (χ4v) is 5.22. The minimum absolute atomic E-state index is 0.209. The quantitative estimate of drug-likeness (QED) is 0.281. The van der Waals surface area contributed by atoms with Crippen LogP contribution in [0.1, 0.15) is 59.0 Å². The number of carbonyl (C=O) groups excluding carboxylic acids is 4. The van der Waals surface area contributed by atoms with Gasteiger partial charge in [0.25, 0.3) is 23.6 Å². The number of ether oxygens (including phenoxy) is 1. The van der Waals surface area contributed by atoms with Crippen LogP contribution in [0.15, 0.2) is 60.7 Å². The molecule has 2 aliphatic rings. The lowest BCUT2D eigenvalue weighted by molar-refractivity contribution is 0.0591. The lowest BCUT2D eigenvalue weighted by atomic mass is 9.91. The third-order valence-corrected chi connectivity index (χ3v) is 7.27. The van der Waals surface area contributed by atoms with Crippen LogP contribution in [0.4, 0.5) is 0 Å². The van der Waals surface area contributed by atoms with Crippen molar-refractivity contribution in [2.45, 2.75) is 20.3 Å². The highest BCUT2D eigenvalue weighted by atomic mass is 16.5. The van der Waals surface area contributed by atoms with E-state index in [0.29, 0.717) is 41.8 Å². The zero-order valence-corrected chi connectivity index (χ0v) is 21.8. The normalized spacial score (nSPS) is 14.3. The third-order valence-electron chi connectivity index (χ3n) is 7.27. The van der Waals surface area contributed by atoms with Crippen molar-refractivity contribution in [2.24, 2.45) is 0 Å². The Hall–Kier alpha value is -4.36. The first-order valence-electron chi connectivity index (χ1n) is 12.5. The minimum Gasteiger partial charge on any atom is -0.385 e. The van der Waals surface area contributed by atoms with Gasteiger partial charge in [-0.2, -0.15) is 0 Å². The van der Waals surface area contributed by atoms with Crippen molar-refractivity contribution in [3.8, 4) is 0 Å². The summed E-state index contributed by atoms with van der Waals surface area (Å²) in [6, 6.07) is 18.7. The molecule has 0 aliphatic carbocycles. The molecule has 4 aromatic carbocycles. The van der Waals surface area contributed by atoms with E-state index in [1.54, 1.807) is 25.3 Å². The number of nitrogens with zero attached hydrogens (tertiary/aromatic N) is 2. The van der Waals surface area contributed by atoms with Crippen LogP contribution in [0.3, 0.4) is 0 Å². The largest absolute Gasteiger partial charge is 0.385 e. The van der Waals surface area contributed by atoms with E-state index in [9.17, 15) is 19.2 Å². The summed E-state index contributed by atoms with van der Waals surface area (Å²) in [7, 11) is 3.13. The second-order valence-corrected chi connectivity index (χ2v) is 9.59. The van der Waals surface area contributed by atoms with E-state index >= 15 is 0 Å². The standard InChI is InChI=1S/C17H17NO3.C14H11NO2/c1-11-7-8-14-15-12(11)5-3-6-13(15)16(19)18(17(14)20)9-4-10-21-2;1-8-6-7-11-12-9(8)4-3-5-10(12)13(16)15(2)14(11)17/h3,5-8H,4,9-10H2,1-2H3;3-7H,1-2H3. The first-order chi connectivity index (χ1) is 18.3. The molecule has 7 nitrogen and oxygen atoms in total. The molecular formula is C31H28N2O5. The van der Waals surface area contributed by atoms with Crippen LogP contribution in [0.25, 0.3) is 21.5 Å². The number of imide groups is 2. The van der Waals surface area contributed by atoms with Crippen molar-refractivity contribution in [3.63, 3.8) is 0 Å². The Kier molecular flexibility index (Phi) is 6.55. The van der Waals surface area contributed by atoms with Crippen molar-refractivity contribution in [1.29, 1.82) is 0 Å². The molecule has 4 aromatic rings. The summed E-state index contributed by atoms with van der Waals surface area (Å²) < 4.78 is 5.00. The highest BCUT2D eigenvalue weighted by molar-refractivity contribution is 6.26. The fourth-order valence-electron chi connectivity index (χ4n) is 5.22. The number of amides is 4. The van der Waals surface area contributed by atoms with Crippen LogP contribution >= 0.6 is 0 Å². The lowest BCUT2D eigenvalue weighted by Crippen LogP contribution is -2.41. The fraction of sp³-hybridized carbons (Fsp3) is 0.226. The summed E-state index contributed by atoms with van der Waals surface area (Å²) >= 11 is 0. The van der Waals surface area contributed by atoms with Gasteiger partial charge >= 0.3 is 0 Å². The van der Waals surface area contributed by atoms with E-state index in [1.165, 1.54) is 16.8 Å². The maximum absolute atomic E-state index is 12.6. The molecule has 0 unspecified atom stereocenters. The topological polar surface area (TPSA) is 84.0 Å². The lowest BCUT2D eigenvalue weighted by Gasteiger charge is -2.27. The molecule has 7 heteroatoms. The molecule has 0 saturated carbocycles. The van der Waals surface area contributed by atoms with Crippen LogP contribution in [0.2, 0.25) is 0 Å². The van der Waals surface area contributed by atoms with Gasteiger partial charge in [0, 0.05) is 60.3 Å². The Morgan fingerprint density at radius 3 is 1.58 bits per heavy atom.